The van der Waals surface area contributed by atoms with Crippen LogP contribution in [0.4, 0.5) is 0 Å². The first-order chi connectivity index (χ1) is 26.7. The molecule has 0 aromatic heterocycles. The first-order valence-corrected chi connectivity index (χ1v) is 19.8. The maximum absolute atomic E-state index is 9.05. The first-order valence-electron chi connectivity index (χ1n) is 17.5. The summed E-state index contributed by atoms with van der Waals surface area (Å²) in [7, 11) is -1.41. The van der Waals surface area contributed by atoms with Crippen molar-refractivity contribution in [3.8, 4) is 55.6 Å². The molecular weight excluding hydrogens is 850 g/mol. The van der Waals surface area contributed by atoms with Crippen LogP contribution in [0.3, 0.4) is 0 Å². The Hall–Kier alpha value is -4.72. The van der Waals surface area contributed by atoms with Crippen LogP contribution in [0.1, 0.15) is 0 Å². The topological polar surface area (TPSA) is 40.5 Å². The van der Waals surface area contributed by atoms with Gasteiger partial charge < -0.3 is 10.0 Å². The summed E-state index contributed by atoms with van der Waals surface area (Å²) in [5, 5.41) is 19.6. The largest absolute Gasteiger partial charge is 0.488 e. The van der Waals surface area contributed by atoms with E-state index in [9.17, 15) is 0 Å². The molecule has 0 saturated heterocycles. The molecule has 0 unspecified atom stereocenters. The predicted molar refractivity (Wildman–Crippen MR) is 242 cm³/mol. The van der Waals surface area contributed by atoms with Gasteiger partial charge in [0.15, 0.2) is 0 Å². The van der Waals surface area contributed by atoms with Crippen molar-refractivity contribution in [1.29, 1.82) is 0 Å². The molecule has 0 bridgehead atoms. The van der Waals surface area contributed by atoms with Gasteiger partial charge >= 0.3 is 7.12 Å². The predicted octanol–water partition coefficient (Wildman–Crippen LogP) is 13.9. The van der Waals surface area contributed by atoms with E-state index in [2.05, 4.69) is 135 Å². The van der Waals surface area contributed by atoms with Gasteiger partial charge in [-0.2, -0.15) is 0 Å². The average Bonchev–Trinajstić information content (AvgIpc) is 3.22. The zero-order valence-electron chi connectivity index (χ0n) is 29.5. The maximum atomic E-state index is 9.05. The highest BCUT2D eigenvalue weighted by molar-refractivity contribution is 9.11. The van der Waals surface area contributed by atoms with E-state index in [1.807, 2.05) is 84.9 Å². The fourth-order valence-corrected chi connectivity index (χ4v) is 8.00. The van der Waals surface area contributed by atoms with E-state index < -0.39 is 7.12 Å². The summed E-state index contributed by atoms with van der Waals surface area (Å²) in [6.07, 6.45) is 0. The van der Waals surface area contributed by atoms with Crippen LogP contribution in [0, 0.1) is 0 Å². The van der Waals surface area contributed by atoms with Crippen molar-refractivity contribution in [2.45, 2.75) is 0 Å². The second kappa shape index (κ2) is 19.7. The third-order valence-corrected chi connectivity index (χ3v) is 9.98. The van der Waals surface area contributed by atoms with E-state index in [1.54, 1.807) is 12.1 Å². The van der Waals surface area contributed by atoms with E-state index in [4.69, 9.17) is 33.2 Å². The molecule has 8 aromatic rings. The number of rotatable bonds is 6. The Balaban J connectivity index is 0.000000176. The van der Waals surface area contributed by atoms with E-state index in [0.717, 1.165) is 52.4 Å². The van der Waals surface area contributed by atoms with Gasteiger partial charge in [0.05, 0.1) is 0 Å². The Morgan fingerprint density at radius 2 is 0.618 bits per heavy atom. The molecule has 0 atom stereocenters. The Labute approximate surface area is 350 Å². The molecule has 2 nitrogen and oxygen atoms in total. The summed E-state index contributed by atoms with van der Waals surface area (Å²) in [6.45, 7) is 0. The highest BCUT2D eigenvalue weighted by atomic mass is 79.9. The standard InChI is InChI=1S/C30H21Cl.C12H11BO2.C6H3Br2Cl/c31-30-20-28(26-15-7-13-24(17-26)22-9-3-1-4-10-22)19-29(21-30)27-16-8-14-25(18-27)23-11-5-2-6-12-23;14-13(15)12-8-4-7-11(9-12)10-5-2-1-3-6-10;7-4-1-5(8)3-6(9)2-4/h1-21H;1-9,14-15H;1-3H. The van der Waals surface area contributed by atoms with Gasteiger partial charge in [0.1, 0.15) is 0 Å². The number of benzene rings is 8. The lowest BCUT2D eigenvalue weighted by molar-refractivity contribution is 0.426. The number of hydrogen-bond donors (Lipinski definition) is 2. The summed E-state index contributed by atoms with van der Waals surface area (Å²) in [5.74, 6) is 0. The average molecular weight is 885 g/mol. The summed E-state index contributed by atoms with van der Waals surface area (Å²) in [5.41, 5.74) is 11.9. The van der Waals surface area contributed by atoms with E-state index in [1.165, 1.54) is 22.3 Å². The van der Waals surface area contributed by atoms with Gasteiger partial charge in [-0.3, -0.25) is 0 Å². The minimum absolute atomic E-state index is 0.511. The fraction of sp³-hybridized carbons (Fsp3) is 0. The third-order valence-electron chi connectivity index (χ3n) is 8.62. The lowest BCUT2D eigenvalue weighted by atomic mass is 9.79. The molecule has 55 heavy (non-hydrogen) atoms. The summed E-state index contributed by atoms with van der Waals surface area (Å²) >= 11 is 18.9. The molecule has 0 aliphatic heterocycles. The normalized spacial score (nSPS) is 10.4. The molecule has 0 spiro atoms. The lowest BCUT2D eigenvalue weighted by Crippen LogP contribution is -2.29. The zero-order chi connectivity index (χ0) is 38.6. The van der Waals surface area contributed by atoms with Crippen LogP contribution in [0.15, 0.2) is 209 Å². The van der Waals surface area contributed by atoms with Gasteiger partial charge in [-0.05, 0) is 110 Å². The molecule has 0 aliphatic carbocycles. The van der Waals surface area contributed by atoms with Crippen molar-refractivity contribution in [1.82, 2.24) is 0 Å². The summed E-state index contributed by atoms with van der Waals surface area (Å²) in [4.78, 5) is 0. The Bertz CT molecular complexity index is 2310. The second-order valence-electron chi connectivity index (χ2n) is 12.6. The van der Waals surface area contributed by atoms with Crippen LogP contribution in [-0.4, -0.2) is 17.2 Å². The van der Waals surface area contributed by atoms with Crippen LogP contribution in [-0.2, 0) is 0 Å². The molecule has 8 aromatic carbocycles. The Morgan fingerprint density at radius 3 is 1.00 bits per heavy atom. The molecule has 0 amide bonds. The Morgan fingerprint density at radius 1 is 0.309 bits per heavy atom. The first kappa shape index (κ1) is 40.0. The van der Waals surface area contributed by atoms with Gasteiger partial charge in [-0.15, -0.1) is 0 Å². The highest BCUT2D eigenvalue weighted by Gasteiger charge is 2.11. The van der Waals surface area contributed by atoms with Crippen LogP contribution in [0.25, 0.3) is 55.6 Å². The van der Waals surface area contributed by atoms with Crippen molar-refractivity contribution in [3.63, 3.8) is 0 Å². The van der Waals surface area contributed by atoms with Crippen LogP contribution >= 0.6 is 55.1 Å². The maximum Gasteiger partial charge on any atom is 0.488 e. The third kappa shape index (κ3) is 11.6. The lowest BCUT2D eigenvalue weighted by Gasteiger charge is -2.11. The molecule has 0 heterocycles. The second-order valence-corrected chi connectivity index (χ2v) is 15.3. The van der Waals surface area contributed by atoms with Crippen LogP contribution < -0.4 is 5.46 Å². The molecule has 0 saturated carbocycles. The SMILES string of the molecule is Clc1cc(-c2cccc(-c3ccccc3)c2)cc(-c2cccc(-c3ccccc3)c2)c1.Clc1cc(Br)cc(Br)c1.OB(O)c1cccc(-c2ccccc2)c1. The molecule has 7 heteroatoms. The minimum atomic E-state index is -1.41. The fourth-order valence-electron chi connectivity index (χ4n) is 5.97. The minimum Gasteiger partial charge on any atom is -0.423 e. The molecule has 2 N–H and O–H groups in total. The number of hydrogen-bond acceptors (Lipinski definition) is 2. The smallest absolute Gasteiger partial charge is 0.423 e. The van der Waals surface area contributed by atoms with Gasteiger partial charge in [0.25, 0.3) is 0 Å². The van der Waals surface area contributed by atoms with Crippen molar-refractivity contribution in [2.24, 2.45) is 0 Å². The van der Waals surface area contributed by atoms with Gasteiger partial charge in [0, 0.05) is 19.0 Å². The highest BCUT2D eigenvalue weighted by Crippen LogP contribution is 2.34. The zero-order valence-corrected chi connectivity index (χ0v) is 34.2. The van der Waals surface area contributed by atoms with E-state index in [0.29, 0.717) is 5.46 Å². The van der Waals surface area contributed by atoms with Crippen molar-refractivity contribution in [2.75, 3.05) is 0 Å². The molecule has 0 radical (unpaired) electrons. The summed E-state index contributed by atoms with van der Waals surface area (Å²) in [6, 6.07) is 67.1. The molecule has 8 rings (SSSR count). The Kier molecular flexibility index (Phi) is 14.3. The van der Waals surface area contributed by atoms with Crippen LogP contribution in [0.2, 0.25) is 10.0 Å². The quantitative estimate of drug-likeness (QED) is 0.163. The van der Waals surface area contributed by atoms with Crippen molar-refractivity contribution < 1.29 is 10.0 Å². The van der Waals surface area contributed by atoms with E-state index in [-0.39, 0.29) is 0 Å². The van der Waals surface area contributed by atoms with Crippen molar-refractivity contribution >= 4 is 67.6 Å². The van der Waals surface area contributed by atoms with Gasteiger partial charge in [-0.25, -0.2) is 0 Å². The molecule has 0 aliphatic rings. The molecule has 270 valence electrons. The number of halogens is 4. The van der Waals surface area contributed by atoms with Crippen LogP contribution in [0.5, 0.6) is 0 Å². The van der Waals surface area contributed by atoms with Crippen molar-refractivity contribution in [3.05, 3.63) is 219 Å². The monoisotopic (exact) mass is 882 g/mol. The summed E-state index contributed by atoms with van der Waals surface area (Å²) < 4.78 is 1.98. The van der Waals surface area contributed by atoms with E-state index >= 15 is 0 Å². The molecular formula is C48H35BBr2Cl2O2. The van der Waals surface area contributed by atoms with Gasteiger partial charge in [-0.1, -0.05) is 207 Å². The molecule has 0 fully saturated rings. The van der Waals surface area contributed by atoms with Gasteiger partial charge in [0.2, 0.25) is 0 Å².